The molecule has 0 amide bonds. The molecule has 0 saturated heterocycles. The lowest BCUT2D eigenvalue weighted by molar-refractivity contribution is -0.133. The van der Waals surface area contributed by atoms with Gasteiger partial charge in [0.2, 0.25) is 0 Å². The zero-order chi connectivity index (χ0) is 15.7. The largest absolute Gasteiger partial charge is 0.478 e. The van der Waals surface area contributed by atoms with Crippen molar-refractivity contribution in [2.24, 2.45) is 0 Å². The van der Waals surface area contributed by atoms with Gasteiger partial charge in [-0.15, -0.1) is 0 Å². The SMILES string of the molecule is CC(=C\C=C\C=C(C)\C=C(/C)C(=O)O)/C=C(\C)C(=O)O. The van der Waals surface area contributed by atoms with Gasteiger partial charge < -0.3 is 10.2 Å². The first-order valence-electron chi connectivity index (χ1n) is 6.09. The van der Waals surface area contributed by atoms with E-state index >= 15 is 0 Å². The third-order valence-electron chi connectivity index (χ3n) is 2.39. The number of rotatable bonds is 6. The van der Waals surface area contributed by atoms with Crippen LogP contribution in [0.3, 0.4) is 0 Å². The maximum Gasteiger partial charge on any atom is 0.331 e. The van der Waals surface area contributed by atoms with Gasteiger partial charge in [-0.2, -0.15) is 0 Å². The number of hydrogen-bond donors (Lipinski definition) is 2. The number of hydrogen-bond acceptors (Lipinski definition) is 2. The van der Waals surface area contributed by atoms with Gasteiger partial charge in [0.15, 0.2) is 0 Å². The van der Waals surface area contributed by atoms with E-state index in [4.69, 9.17) is 10.2 Å². The maximum absolute atomic E-state index is 10.6. The van der Waals surface area contributed by atoms with Gasteiger partial charge in [0.05, 0.1) is 0 Å². The standard InChI is InChI=1S/C16H20O4/c1-11(9-13(3)15(17)18)7-5-6-8-12(2)10-14(4)16(19)20/h5-10H,1-4H3,(H,17,18)(H,19,20)/b6-5+,11-7+,12-8+,13-9+,14-10+. The van der Waals surface area contributed by atoms with Gasteiger partial charge in [0, 0.05) is 11.1 Å². The average molecular weight is 276 g/mol. The Morgan fingerprint density at radius 3 is 1.25 bits per heavy atom. The summed E-state index contributed by atoms with van der Waals surface area (Å²) < 4.78 is 0. The van der Waals surface area contributed by atoms with E-state index in [0.717, 1.165) is 11.1 Å². The van der Waals surface area contributed by atoms with Gasteiger partial charge in [-0.05, 0) is 39.8 Å². The molecule has 0 rings (SSSR count). The summed E-state index contributed by atoms with van der Waals surface area (Å²) in [5.74, 6) is -1.88. The van der Waals surface area contributed by atoms with Crippen molar-refractivity contribution in [3.8, 4) is 0 Å². The number of carboxylic acid groups (broad SMARTS) is 2. The molecule has 0 aliphatic carbocycles. The lowest BCUT2D eigenvalue weighted by Gasteiger charge is -1.94. The quantitative estimate of drug-likeness (QED) is 0.575. The van der Waals surface area contributed by atoms with Gasteiger partial charge in [0.1, 0.15) is 0 Å². The molecule has 0 aromatic carbocycles. The summed E-state index contributed by atoms with van der Waals surface area (Å²) in [6, 6.07) is 0. The van der Waals surface area contributed by atoms with Crippen molar-refractivity contribution in [2.45, 2.75) is 27.7 Å². The summed E-state index contributed by atoms with van der Waals surface area (Å²) in [5, 5.41) is 17.5. The van der Waals surface area contributed by atoms with Crippen molar-refractivity contribution in [1.29, 1.82) is 0 Å². The van der Waals surface area contributed by atoms with E-state index in [1.165, 1.54) is 13.8 Å². The van der Waals surface area contributed by atoms with Crippen molar-refractivity contribution >= 4 is 11.9 Å². The highest BCUT2D eigenvalue weighted by Crippen LogP contribution is 2.04. The normalized spacial score (nSPS) is 14.8. The lowest BCUT2D eigenvalue weighted by Crippen LogP contribution is -1.95. The van der Waals surface area contributed by atoms with Gasteiger partial charge in [0.25, 0.3) is 0 Å². The van der Waals surface area contributed by atoms with Gasteiger partial charge in [-0.1, -0.05) is 35.5 Å². The van der Waals surface area contributed by atoms with Crippen molar-refractivity contribution in [2.75, 3.05) is 0 Å². The molecule has 2 N–H and O–H groups in total. The van der Waals surface area contributed by atoms with Crippen LogP contribution in [-0.2, 0) is 9.59 Å². The fraction of sp³-hybridized carbons (Fsp3) is 0.250. The van der Waals surface area contributed by atoms with E-state index in [1.807, 2.05) is 13.8 Å². The van der Waals surface area contributed by atoms with Crippen LogP contribution >= 0.6 is 0 Å². The molecule has 0 saturated carbocycles. The van der Waals surface area contributed by atoms with E-state index in [0.29, 0.717) is 0 Å². The van der Waals surface area contributed by atoms with Crippen LogP contribution in [0.1, 0.15) is 27.7 Å². The Hall–Kier alpha value is -2.36. The predicted molar refractivity (Wildman–Crippen MR) is 79.4 cm³/mol. The van der Waals surface area contributed by atoms with Crippen LogP contribution in [0.2, 0.25) is 0 Å². The van der Waals surface area contributed by atoms with Crippen LogP contribution < -0.4 is 0 Å². The Morgan fingerprint density at radius 1 is 0.700 bits per heavy atom. The van der Waals surface area contributed by atoms with Gasteiger partial charge in [-0.25, -0.2) is 9.59 Å². The minimum Gasteiger partial charge on any atom is -0.478 e. The molecule has 4 heteroatoms. The molecule has 0 heterocycles. The molecule has 108 valence electrons. The highest BCUT2D eigenvalue weighted by atomic mass is 16.4. The van der Waals surface area contributed by atoms with Crippen LogP contribution in [0.15, 0.2) is 58.7 Å². The smallest absolute Gasteiger partial charge is 0.331 e. The molecule has 0 aromatic heterocycles. The Morgan fingerprint density at radius 2 is 1.00 bits per heavy atom. The predicted octanol–water partition coefficient (Wildman–Crippen LogP) is 3.50. The Labute approximate surface area is 119 Å². The molecule has 0 aliphatic rings. The van der Waals surface area contributed by atoms with E-state index in [1.54, 1.807) is 36.5 Å². The minimum atomic E-state index is -0.938. The topological polar surface area (TPSA) is 74.6 Å². The second-order valence-corrected chi connectivity index (χ2v) is 4.47. The summed E-state index contributed by atoms with van der Waals surface area (Å²) in [6.45, 7) is 6.68. The van der Waals surface area contributed by atoms with E-state index < -0.39 is 11.9 Å². The van der Waals surface area contributed by atoms with E-state index in [9.17, 15) is 9.59 Å². The average Bonchev–Trinajstić information content (AvgIpc) is 2.34. The molecule has 0 bridgehead atoms. The first-order chi connectivity index (χ1) is 9.23. The van der Waals surface area contributed by atoms with E-state index in [-0.39, 0.29) is 11.1 Å². The van der Waals surface area contributed by atoms with Crippen LogP contribution in [0.5, 0.6) is 0 Å². The molecule has 0 fully saturated rings. The number of allylic oxidation sites excluding steroid dienone is 8. The molecular formula is C16H20O4. The number of carboxylic acids is 2. The Bertz CT molecular complexity index is 481. The van der Waals surface area contributed by atoms with Crippen LogP contribution in [0, 0.1) is 0 Å². The van der Waals surface area contributed by atoms with E-state index in [2.05, 4.69) is 0 Å². The number of aliphatic carboxylic acids is 2. The summed E-state index contributed by atoms with van der Waals surface area (Å²) >= 11 is 0. The number of carbonyl (C=O) groups is 2. The molecule has 0 aliphatic heterocycles. The minimum absolute atomic E-state index is 0.277. The zero-order valence-corrected chi connectivity index (χ0v) is 12.2. The molecule has 0 spiro atoms. The molecule has 0 atom stereocenters. The molecule has 0 unspecified atom stereocenters. The first-order valence-corrected chi connectivity index (χ1v) is 6.09. The van der Waals surface area contributed by atoms with Gasteiger partial charge in [-0.3, -0.25) is 0 Å². The van der Waals surface area contributed by atoms with Crippen LogP contribution in [-0.4, -0.2) is 22.2 Å². The monoisotopic (exact) mass is 276 g/mol. The van der Waals surface area contributed by atoms with Crippen molar-refractivity contribution in [1.82, 2.24) is 0 Å². The molecular weight excluding hydrogens is 256 g/mol. The van der Waals surface area contributed by atoms with Gasteiger partial charge >= 0.3 is 11.9 Å². The second kappa shape index (κ2) is 8.69. The first kappa shape index (κ1) is 17.6. The van der Waals surface area contributed by atoms with Crippen molar-refractivity contribution in [3.63, 3.8) is 0 Å². The summed E-state index contributed by atoms with van der Waals surface area (Å²) in [4.78, 5) is 21.3. The fourth-order valence-electron chi connectivity index (χ4n) is 1.32. The maximum atomic E-state index is 10.6. The summed E-state index contributed by atoms with van der Waals surface area (Å²) in [7, 11) is 0. The van der Waals surface area contributed by atoms with Crippen LogP contribution in [0.4, 0.5) is 0 Å². The lowest BCUT2D eigenvalue weighted by atomic mass is 10.1. The molecule has 0 aromatic rings. The van der Waals surface area contributed by atoms with Crippen molar-refractivity contribution in [3.05, 3.63) is 58.7 Å². The van der Waals surface area contributed by atoms with Crippen molar-refractivity contribution < 1.29 is 19.8 Å². The molecule has 0 radical (unpaired) electrons. The fourth-order valence-corrected chi connectivity index (χ4v) is 1.32. The third-order valence-corrected chi connectivity index (χ3v) is 2.39. The zero-order valence-electron chi connectivity index (χ0n) is 12.2. The summed E-state index contributed by atoms with van der Waals surface area (Å²) in [5.41, 5.74) is 2.20. The van der Waals surface area contributed by atoms with Crippen LogP contribution in [0.25, 0.3) is 0 Å². The second-order valence-electron chi connectivity index (χ2n) is 4.47. The third kappa shape index (κ3) is 7.87. The highest BCUT2D eigenvalue weighted by Gasteiger charge is 1.98. The highest BCUT2D eigenvalue weighted by molar-refractivity contribution is 5.86. The summed E-state index contributed by atoms with van der Waals surface area (Å²) in [6.07, 6.45) is 10.3. The molecule has 4 nitrogen and oxygen atoms in total. The molecule has 20 heavy (non-hydrogen) atoms. The Balaban J connectivity index is 4.75. The Kier molecular flexibility index (Phi) is 7.67.